The summed E-state index contributed by atoms with van der Waals surface area (Å²) in [5.74, 6) is 1.08. The zero-order valence-electron chi connectivity index (χ0n) is 13.9. The van der Waals surface area contributed by atoms with Gasteiger partial charge in [-0.3, -0.25) is 0 Å². The number of aliphatic imine (C=N–C) groups is 1. The molecule has 24 heavy (non-hydrogen) atoms. The number of rotatable bonds is 4. The highest BCUT2D eigenvalue weighted by molar-refractivity contribution is 14.0. The Balaban J connectivity index is 0.00000208. The number of nitrogens with zero attached hydrogens (tertiary/aromatic N) is 5. The first-order valence-corrected chi connectivity index (χ1v) is 9.53. The van der Waals surface area contributed by atoms with E-state index in [1.165, 1.54) is 0 Å². The van der Waals surface area contributed by atoms with Crippen LogP contribution in [0.1, 0.15) is 30.5 Å². The molecule has 0 amide bonds. The van der Waals surface area contributed by atoms with Crippen LogP contribution in [0.3, 0.4) is 0 Å². The summed E-state index contributed by atoms with van der Waals surface area (Å²) in [4.78, 5) is 17.9. The predicted molar refractivity (Wildman–Crippen MR) is 113 cm³/mol. The minimum atomic E-state index is 0. The molecule has 0 spiro atoms. The number of thiazole rings is 2. The van der Waals surface area contributed by atoms with Crippen molar-refractivity contribution in [3.8, 4) is 0 Å². The molecular formula is C15H23IN6S2. The van der Waals surface area contributed by atoms with Crippen molar-refractivity contribution in [2.45, 2.75) is 26.3 Å². The first-order valence-electron chi connectivity index (χ1n) is 7.77. The molecule has 2 aromatic heterocycles. The van der Waals surface area contributed by atoms with Crippen LogP contribution < -0.4 is 10.6 Å². The van der Waals surface area contributed by atoms with Gasteiger partial charge in [0.1, 0.15) is 0 Å². The standard InChI is InChI=1S/C15H22N6S2.HI/c1-11(2)13-19-12(10-23-13)9-18-14(16)20-4-6-21(7-5-20)15-17-3-8-22-15;/h3,8,10-11H,4-7,9H2,1-2H3,(H2,16,18);1H. The van der Waals surface area contributed by atoms with Crippen molar-refractivity contribution >= 4 is 57.7 Å². The molecule has 1 fully saturated rings. The van der Waals surface area contributed by atoms with E-state index in [1.807, 2.05) is 11.6 Å². The molecule has 6 nitrogen and oxygen atoms in total. The molecule has 0 atom stereocenters. The number of piperazine rings is 1. The van der Waals surface area contributed by atoms with Crippen molar-refractivity contribution < 1.29 is 0 Å². The Morgan fingerprint density at radius 1 is 1.29 bits per heavy atom. The lowest BCUT2D eigenvalue weighted by Gasteiger charge is -2.35. The Morgan fingerprint density at radius 2 is 2.04 bits per heavy atom. The number of aromatic nitrogens is 2. The fourth-order valence-corrected chi connectivity index (χ4v) is 3.94. The van der Waals surface area contributed by atoms with Crippen LogP contribution in [-0.2, 0) is 6.54 Å². The van der Waals surface area contributed by atoms with Crippen LogP contribution in [0.2, 0.25) is 0 Å². The van der Waals surface area contributed by atoms with E-state index in [4.69, 9.17) is 5.73 Å². The largest absolute Gasteiger partial charge is 0.370 e. The topological polar surface area (TPSA) is 70.6 Å². The number of guanidine groups is 1. The highest BCUT2D eigenvalue weighted by atomic mass is 127. The van der Waals surface area contributed by atoms with Crippen molar-refractivity contribution in [2.75, 3.05) is 31.1 Å². The van der Waals surface area contributed by atoms with Crippen molar-refractivity contribution in [1.82, 2.24) is 14.9 Å². The normalized spacial score (nSPS) is 15.7. The predicted octanol–water partition coefficient (Wildman–Crippen LogP) is 2.98. The van der Waals surface area contributed by atoms with Crippen LogP contribution in [0, 0.1) is 0 Å². The molecule has 0 aromatic carbocycles. The molecule has 132 valence electrons. The van der Waals surface area contributed by atoms with E-state index >= 15 is 0 Å². The summed E-state index contributed by atoms with van der Waals surface area (Å²) in [5.41, 5.74) is 7.15. The van der Waals surface area contributed by atoms with Gasteiger partial charge >= 0.3 is 0 Å². The lowest BCUT2D eigenvalue weighted by molar-refractivity contribution is 0.380. The number of anilines is 1. The number of hydrogen-bond donors (Lipinski definition) is 1. The van der Waals surface area contributed by atoms with Gasteiger partial charge in [-0.2, -0.15) is 0 Å². The average Bonchev–Trinajstić information content (AvgIpc) is 3.24. The van der Waals surface area contributed by atoms with Gasteiger partial charge < -0.3 is 15.5 Å². The monoisotopic (exact) mass is 478 g/mol. The molecule has 1 aliphatic heterocycles. The maximum Gasteiger partial charge on any atom is 0.191 e. The Morgan fingerprint density at radius 3 is 2.62 bits per heavy atom. The van der Waals surface area contributed by atoms with E-state index in [-0.39, 0.29) is 24.0 Å². The summed E-state index contributed by atoms with van der Waals surface area (Å²) in [6.45, 7) is 8.48. The molecule has 0 bridgehead atoms. The molecule has 0 unspecified atom stereocenters. The molecular weight excluding hydrogens is 455 g/mol. The molecule has 1 aliphatic rings. The summed E-state index contributed by atoms with van der Waals surface area (Å²) in [5, 5.41) is 6.33. The minimum absolute atomic E-state index is 0. The maximum absolute atomic E-state index is 6.15. The van der Waals surface area contributed by atoms with E-state index in [2.05, 4.69) is 44.0 Å². The van der Waals surface area contributed by atoms with E-state index in [0.29, 0.717) is 18.4 Å². The maximum atomic E-state index is 6.15. The molecule has 2 aromatic rings. The minimum Gasteiger partial charge on any atom is -0.370 e. The van der Waals surface area contributed by atoms with Crippen molar-refractivity contribution in [3.05, 3.63) is 27.7 Å². The second kappa shape index (κ2) is 8.95. The smallest absolute Gasteiger partial charge is 0.191 e. The van der Waals surface area contributed by atoms with Crippen LogP contribution in [-0.4, -0.2) is 47.0 Å². The van der Waals surface area contributed by atoms with Crippen LogP contribution >= 0.6 is 46.7 Å². The molecule has 0 radical (unpaired) electrons. The molecule has 2 N–H and O–H groups in total. The summed E-state index contributed by atoms with van der Waals surface area (Å²) in [6, 6.07) is 0. The summed E-state index contributed by atoms with van der Waals surface area (Å²) in [7, 11) is 0. The Kier molecular flexibility index (Phi) is 7.23. The van der Waals surface area contributed by atoms with E-state index in [0.717, 1.165) is 42.0 Å². The van der Waals surface area contributed by atoms with Gasteiger partial charge in [0.05, 0.1) is 17.2 Å². The van der Waals surface area contributed by atoms with Crippen LogP contribution in [0.25, 0.3) is 0 Å². The lowest BCUT2D eigenvalue weighted by Crippen LogP contribution is -2.51. The lowest BCUT2D eigenvalue weighted by atomic mass is 10.2. The number of hydrogen-bond acceptors (Lipinski definition) is 6. The van der Waals surface area contributed by atoms with Crippen molar-refractivity contribution in [1.29, 1.82) is 0 Å². The third-order valence-electron chi connectivity index (χ3n) is 3.76. The van der Waals surface area contributed by atoms with Crippen molar-refractivity contribution in [3.63, 3.8) is 0 Å². The van der Waals surface area contributed by atoms with Crippen LogP contribution in [0.15, 0.2) is 21.9 Å². The Hall–Kier alpha value is -0.940. The fraction of sp³-hybridized carbons (Fsp3) is 0.533. The average molecular weight is 478 g/mol. The van der Waals surface area contributed by atoms with Gasteiger partial charge in [0.2, 0.25) is 0 Å². The third kappa shape index (κ3) is 4.79. The molecule has 0 aliphatic carbocycles. The first-order chi connectivity index (χ1) is 11.1. The van der Waals surface area contributed by atoms with Crippen molar-refractivity contribution in [2.24, 2.45) is 10.7 Å². The molecule has 9 heteroatoms. The summed E-state index contributed by atoms with van der Waals surface area (Å²) >= 11 is 3.38. The number of halogens is 1. The summed E-state index contributed by atoms with van der Waals surface area (Å²) in [6.07, 6.45) is 1.85. The van der Waals surface area contributed by atoms with Gasteiger partial charge in [-0.25, -0.2) is 15.0 Å². The van der Waals surface area contributed by atoms with E-state index in [1.54, 1.807) is 22.7 Å². The zero-order valence-corrected chi connectivity index (χ0v) is 17.8. The highest BCUT2D eigenvalue weighted by Gasteiger charge is 2.19. The highest BCUT2D eigenvalue weighted by Crippen LogP contribution is 2.20. The van der Waals surface area contributed by atoms with Crippen LogP contribution in [0.4, 0.5) is 5.13 Å². The SMILES string of the molecule is CC(C)c1nc(CN=C(N)N2CCN(c3nccs3)CC2)cs1.I. The quantitative estimate of drug-likeness (QED) is 0.416. The Labute approximate surface area is 167 Å². The number of nitrogens with two attached hydrogens (primary N) is 1. The molecule has 1 saturated heterocycles. The van der Waals surface area contributed by atoms with Gasteiger partial charge in [0.25, 0.3) is 0 Å². The molecule has 0 saturated carbocycles. The molecule has 3 heterocycles. The van der Waals surface area contributed by atoms with E-state index < -0.39 is 0 Å². The van der Waals surface area contributed by atoms with Gasteiger partial charge in [0.15, 0.2) is 11.1 Å². The van der Waals surface area contributed by atoms with Gasteiger partial charge in [0, 0.05) is 49.1 Å². The van der Waals surface area contributed by atoms with E-state index in [9.17, 15) is 0 Å². The molecule has 3 rings (SSSR count). The Bertz CT molecular complexity index is 647. The zero-order chi connectivity index (χ0) is 16.2. The van der Waals surface area contributed by atoms with Gasteiger partial charge in [-0.15, -0.1) is 46.7 Å². The fourth-order valence-electron chi connectivity index (χ4n) is 2.42. The summed E-state index contributed by atoms with van der Waals surface area (Å²) < 4.78 is 0. The van der Waals surface area contributed by atoms with Crippen LogP contribution in [0.5, 0.6) is 0 Å². The second-order valence-corrected chi connectivity index (χ2v) is 7.56. The second-order valence-electron chi connectivity index (χ2n) is 5.79. The van der Waals surface area contributed by atoms with Gasteiger partial charge in [-0.05, 0) is 0 Å². The first kappa shape index (κ1) is 19.4. The van der Waals surface area contributed by atoms with Gasteiger partial charge in [-0.1, -0.05) is 13.8 Å². The third-order valence-corrected chi connectivity index (χ3v) is 5.79.